The molecule has 0 saturated heterocycles. The Morgan fingerprint density at radius 2 is 2.00 bits per heavy atom. The van der Waals surface area contributed by atoms with Crippen LogP contribution >= 0.6 is 11.3 Å². The lowest BCUT2D eigenvalue weighted by Gasteiger charge is -2.03. The number of hydrogen-bond acceptors (Lipinski definition) is 6. The molecule has 1 rings (SSSR count). The summed E-state index contributed by atoms with van der Waals surface area (Å²) in [5, 5.41) is 12.9. The molecule has 0 unspecified atom stereocenters. The Kier molecular flexibility index (Phi) is 8.71. The maximum atomic E-state index is 5.47. The van der Waals surface area contributed by atoms with Gasteiger partial charge in [-0.3, -0.25) is 0 Å². The van der Waals surface area contributed by atoms with E-state index in [0.717, 1.165) is 44.0 Å². The van der Waals surface area contributed by atoms with Gasteiger partial charge in [0, 0.05) is 13.2 Å². The van der Waals surface area contributed by atoms with Crippen molar-refractivity contribution in [2.45, 2.75) is 39.7 Å². The van der Waals surface area contributed by atoms with Crippen molar-refractivity contribution in [3.8, 4) is 5.19 Å². The predicted molar refractivity (Wildman–Crippen MR) is 73.1 cm³/mol. The lowest BCUT2D eigenvalue weighted by molar-refractivity contribution is 0.0977. The van der Waals surface area contributed by atoms with Crippen molar-refractivity contribution in [3.05, 3.63) is 5.01 Å². The van der Waals surface area contributed by atoms with Crippen LogP contribution < -0.4 is 10.1 Å². The van der Waals surface area contributed by atoms with Gasteiger partial charge in [-0.2, -0.15) is 0 Å². The van der Waals surface area contributed by atoms with Crippen molar-refractivity contribution in [1.29, 1.82) is 0 Å². The zero-order valence-corrected chi connectivity index (χ0v) is 12.1. The van der Waals surface area contributed by atoms with E-state index in [4.69, 9.17) is 9.47 Å². The van der Waals surface area contributed by atoms with E-state index in [0.29, 0.717) is 18.4 Å². The van der Waals surface area contributed by atoms with Crippen molar-refractivity contribution < 1.29 is 9.47 Å². The minimum Gasteiger partial charge on any atom is -0.466 e. The van der Waals surface area contributed by atoms with Gasteiger partial charge in [-0.1, -0.05) is 31.6 Å². The van der Waals surface area contributed by atoms with Crippen molar-refractivity contribution in [3.63, 3.8) is 0 Å². The molecule has 0 fully saturated rings. The van der Waals surface area contributed by atoms with Gasteiger partial charge in [-0.05, 0) is 19.4 Å². The van der Waals surface area contributed by atoms with Gasteiger partial charge in [0.15, 0.2) is 0 Å². The van der Waals surface area contributed by atoms with E-state index in [1.807, 2.05) is 0 Å². The second-order valence-electron chi connectivity index (χ2n) is 3.95. The fourth-order valence-electron chi connectivity index (χ4n) is 1.28. The van der Waals surface area contributed by atoms with Crippen LogP contribution in [-0.4, -0.2) is 36.6 Å². The fourth-order valence-corrected chi connectivity index (χ4v) is 1.96. The van der Waals surface area contributed by atoms with Gasteiger partial charge in [-0.15, -0.1) is 10.2 Å². The first kappa shape index (κ1) is 15.3. The monoisotopic (exact) mass is 273 g/mol. The molecule has 1 N–H and O–H groups in total. The topological polar surface area (TPSA) is 56.3 Å². The molecule has 6 heteroatoms. The first-order valence-corrected chi connectivity index (χ1v) is 7.42. The first-order chi connectivity index (χ1) is 8.86. The molecule has 0 atom stereocenters. The molecule has 1 aromatic heterocycles. The zero-order chi connectivity index (χ0) is 13.1. The molecular formula is C12H23N3O2S. The Morgan fingerprint density at radius 1 is 1.11 bits per heavy atom. The highest BCUT2D eigenvalue weighted by atomic mass is 32.1. The quantitative estimate of drug-likeness (QED) is 0.627. The van der Waals surface area contributed by atoms with Gasteiger partial charge in [0.05, 0.1) is 6.61 Å². The Bertz CT molecular complexity index is 307. The first-order valence-electron chi connectivity index (χ1n) is 6.60. The predicted octanol–water partition coefficient (Wildman–Crippen LogP) is 2.23. The van der Waals surface area contributed by atoms with E-state index in [-0.39, 0.29) is 0 Å². The average Bonchev–Trinajstić information content (AvgIpc) is 2.82. The van der Waals surface area contributed by atoms with E-state index in [1.165, 1.54) is 11.3 Å². The maximum absolute atomic E-state index is 5.47. The number of hydrogen-bond donors (Lipinski definition) is 1. The summed E-state index contributed by atoms with van der Waals surface area (Å²) in [5.41, 5.74) is 0. The van der Waals surface area contributed by atoms with Crippen LogP contribution in [0.3, 0.4) is 0 Å². The Hall–Kier alpha value is -0.720. The standard InChI is InChI=1S/C12H23N3O2S/c1-3-5-7-16-8-9-17-12-15-14-11(18-12)10-13-6-4-2/h13H,3-10H2,1-2H3. The lowest BCUT2D eigenvalue weighted by atomic mass is 10.4. The molecule has 0 radical (unpaired) electrons. The molecule has 104 valence electrons. The Balaban J connectivity index is 2.07. The number of ether oxygens (including phenoxy) is 2. The molecular weight excluding hydrogens is 250 g/mol. The molecule has 0 spiro atoms. The van der Waals surface area contributed by atoms with Crippen LogP contribution in [0.15, 0.2) is 0 Å². The van der Waals surface area contributed by atoms with E-state index in [9.17, 15) is 0 Å². The fraction of sp³-hybridized carbons (Fsp3) is 0.833. The van der Waals surface area contributed by atoms with Crippen LogP contribution in [-0.2, 0) is 11.3 Å². The molecule has 0 bridgehead atoms. The molecule has 0 aromatic carbocycles. The van der Waals surface area contributed by atoms with Gasteiger partial charge in [0.2, 0.25) is 0 Å². The number of nitrogens with one attached hydrogen (secondary N) is 1. The molecule has 0 aliphatic heterocycles. The van der Waals surface area contributed by atoms with Crippen molar-refractivity contribution in [2.24, 2.45) is 0 Å². The van der Waals surface area contributed by atoms with Gasteiger partial charge in [0.25, 0.3) is 5.19 Å². The van der Waals surface area contributed by atoms with Gasteiger partial charge in [0.1, 0.15) is 11.6 Å². The van der Waals surface area contributed by atoms with Crippen LogP contribution in [0.25, 0.3) is 0 Å². The third-order valence-corrected chi connectivity index (χ3v) is 3.08. The highest BCUT2D eigenvalue weighted by Gasteiger charge is 2.04. The molecule has 18 heavy (non-hydrogen) atoms. The summed E-state index contributed by atoms with van der Waals surface area (Å²) in [7, 11) is 0. The minimum atomic E-state index is 0.542. The minimum absolute atomic E-state index is 0.542. The summed E-state index contributed by atoms with van der Waals surface area (Å²) >= 11 is 1.49. The van der Waals surface area contributed by atoms with Crippen LogP contribution in [0.2, 0.25) is 0 Å². The Morgan fingerprint density at radius 3 is 2.78 bits per heavy atom. The summed E-state index contributed by atoms with van der Waals surface area (Å²) in [6.45, 7) is 8.02. The number of unbranched alkanes of at least 4 members (excludes halogenated alkanes) is 1. The van der Waals surface area contributed by atoms with E-state index in [1.54, 1.807) is 0 Å². The number of aromatic nitrogens is 2. The Labute approximate surface area is 113 Å². The molecule has 1 heterocycles. The van der Waals surface area contributed by atoms with Gasteiger partial charge < -0.3 is 14.8 Å². The van der Waals surface area contributed by atoms with Crippen molar-refractivity contribution >= 4 is 11.3 Å². The van der Waals surface area contributed by atoms with Crippen LogP contribution in [0.5, 0.6) is 5.19 Å². The van der Waals surface area contributed by atoms with E-state index >= 15 is 0 Å². The molecule has 0 saturated carbocycles. The summed E-state index contributed by atoms with van der Waals surface area (Å²) in [6.07, 6.45) is 3.38. The van der Waals surface area contributed by atoms with Crippen molar-refractivity contribution in [2.75, 3.05) is 26.4 Å². The van der Waals surface area contributed by atoms with E-state index in [2.05, 4.69) is 29.4 Å². The van der Waals surface area contributed by atoms with Crippen LogP contribution in [0, 0.1) is 0 Å². The van der Waals surface area contributed by atoms with Crippen LogP contribution in [0.4, 0.5) is 0 Å². The SMILES string of the molecule is CCCCOCCOc1nnc(CNCCC)s1. The third kappa shape index (κ3) is 6.88. The largest absolute Gasteiger partial charge is 0.466 e. The van der Waals surface area contributed by atoms with Crippen LogP contribution in [0.1, 0.15) is 38.1 Å². The molecule has 0 aliphatic rings. The molecule has 0 aliphatic carbocycles. The molecule has 0 amide bonds. The summed E-state index contributed by atoms with van der Waals surface area (Å²) < 4.78 is 10.9. The smallest absolute Gasteiger partial charge is 0.294 e. The summed E-state index contributed by atoms with van der Waals surface area (Å²) in [6, 6.07) is 0. The second kappa shape index (κ2) is 10.2. The van der Waals surface area contributed by atoms with Gasteiger partial charge in [-0.25, -0.2) is 0 Å². The molecule has 5 nitrogen and oxygen atoms in total. The van der Waals surface area contributed by atoms with E-state index < -0.39 is 0 Å². The normalized spacial score (nSPS) is 10.8. The van der Waals surface area contributed by atoms with Crippen molar-refractivity contribution in [1.82, 2.24) is 15.5 Å². The number of nitrogens with zero attached hydrogens (tertiary/aromatic N) is 2. The molecule has 1 aromatic rings. The zero-order valence-electron chi connectivity index (χ0n) is 11.3. The lowest BCUT2D eigenvalue weighted by Crippen LogP contribution is -2.13. The third-order valence-electron chi connectivity index (χ3n) is 2.25. The maximum Gasteiger partial charge on any atom is 0.294 e. The average molecular weight is 273 g/mol. The highest BCUT2D eigenvalue weighted by Crippen LogP contribution is 2.17. The summed E-state index contributed by atoms with van der Waals surface area (Å²) in [5.74, 6) is 0. The second-order valence-corrected chi connectivity index (χ2v) is 4.98. The summed E-state index contributed by atoms with van der Waals surface area (Å²) in [4.78, 5) is 0. The number of rotatable bonds is 11. The highest BCUT2D eigenvalue weighted by molar-refractivity contribution is 7.13. The van der Waals surface area contributed by atoms with Gasteiger partial charge >= 0.3 is 0 Å².